The Morgan fingerprint density at radius 2 is 2.05 bits per heavy atom. The van der Waals surface area contributed by atoms with Crippen LogP contribution < -0.4 is 5.32 Å². The lowest BCUT2D eigenvalue weighted by Crippen LogP contribution is -2.11. The van der Waals surface area contributed by atoms with Gasteiger partial charge in [-0.25, -0.2) is 4.68 Å². The second kappa shape index (κ2) is 5.26. The van der Waals surface area contributed by atoms with Gasteiger partial charge in [0, 0.05) is 12.3 Å². The first-order valence-corrected chi connectivity index (χ1v) is 6.93. The fraction of sp³-hybridized carbons (Fsp3) is 0.0714. The molecule has 3 aromatic rings. The molecule has 0 atom stereocenters. The summed E-state index contributed by atoms with van der Waals surface area (Å²) in [6.45, 7) is 2.04. The summed E-state index contributed by atoms with van der Waals surface area (Å²) >= 11 is 1.30. The quantitative estimate of drug-likeness (QED) is 0.804. The van der Waals surface area contributed by atoms with Gasteiger partial charge < -0.3 is 5.32 Å². The Balaban J connectivity index is 1.77. The first kappa shape index (κ1) is 12.6. The number of aromatic nitrogens is 3. The van der Waals surface area contributed by atoms with Crippen LogP contribution in [0.5, 0.6) is 0 Å². The minimum absolute atomic E-state index is 0.193. The minimum atomic E-state index is -0.193. The highest BCUT2D eigenvalue weighted by Gasteiger charge is 2.09. The summed E-state index contributed by atoms with van der Waals surface area (Å²) in [4.78, 5) is 16.3. The Morgan fingerprint density at radius 1 is 1.25 bits per heavy atom. The number of hydrogen-bond acceptors (Lipinski definition) is 4. The lowest BCUT2D eigenvalue weighted by molar-refractivity contribution is 0.103. The minimum Gasteiger partial charge on any atom is -0.304 e. The predicted molar refractivity (Wildman–Crippen MR) is 78.4 cm³/mol. The van der Waals surface area contributed by atoms with E-state index in [2.05, 4.69) is 15.4 Å². The number of hydrogen-bond donors (Lipinski definition) is 1. The highest BCUT2D eigenvalue weighted by molar-refractivity contribution is 7.11. The molecule has 100 valence electrons. The second-order valence-electron chi connectivity index (χ2n) is 4.30. The number of anilines is 1. The number of carbonyl (C=O) groups is 1. The summed E-state index contributed by atoms with van der Waals surface area (Å²) < 4.78 is 1.72. The molecule has 0 spiro atoms. The summed E-state index contributed by atoms with van der Waals surface area (Å²) in [6.07, 6.45) is 3.35. The Hall–Kier alpha value is -2.47. The smallest absolute Gasteiger partial charge is 0.268 e. The second-order valence-corrected chi connectivity index (χ2v) is 5.19. The number of nitrogens with one attached hydrogen (secondary N) is 1. The summed E-state index contributed by atoms with van der Waals surface area (Å²) in [5.41, 5.74) is 3.77. The molecular formula is C14H12N4OS. The molecular weight excluding hydrogens is 272 g/mol. The van der Waals surface area contributed by atoms with E-state index in [1.165, 1.54) is 23.1 Å². The van der Waals surface area contributed by atoms with Gasteiger partial charge in [-0.05, 0) is 19.1 Å². The van der Waals surface area contributed by atoms with Gasteiger partial charge in [-0.2, -0.15) is 5.10 Å². The van der Waals surface area contributed by atoms with Crippen molar-refractivity contribution in [1.29, 1.82) is 0 Å². The molecule has 0 saturated carbocycles. The summed E-state index contributed by atoms with van der Waals surface area (Å²) in [7, 11) is 0. The van der Waals surface area contributed by atoms with Crippen molar-refractivity contribution in [3.05, 3.63) is 58.7 Å². The molecule has 0 fully saturated rings. The average molecular weight is 284 g/mol. The van der Waals surface area contributed by atoms with Crippen LogP contribution >= 0.6 is 11.3 Å². The van der Waals surface area contributed by atoms with Gasteiger partial charge in [-0.1, -0.05) is 17.7 Å². The van der Waals surface area contributed by atoms with Crippen LogP contribution in [0, 0.1) is 6.92 Å². The number of rotatable bonds is 3. The number of nitrogens with zero attached hydrogens (tertiary/aromatic N) is 3. The topological polar surface area (TPSA) is 59.8 Å². The van der Waals surface area contributed by atoms with E-state index < -0.39 is 0 Å². The number of aryl methyl sites for hydroxylation is 1. The number of carbonyl (C=O) groups excluding carboxylic acids is 1. The van der Waals surface area contributed by atoms with Gasteiger partial charge in [0.1, 0.15) is 4.88 Å². The van der Waals surface area contributed by atoms with E-state index in [0.29, 0.717) is 10.7 Å². The molecule has 3 rings (SSSR count). The van der Waals surface area contributed by atoms with Gasteiger partial charge in [0.05, 0.1) is 17.4 Å². The van der Waals surface area contributed by atoms with E-state index in [1.54, 1.807) is 16.3 Å². The van der Waals surface area contributed by atoms with Gasteiger partial charge in [-0.3, -0.25) is 9.78 Å². The average Bonchev–Trinajstić information content (AvgIpc) is 3.10. The monoisotopic (exact) mass is 284 g/mol. The van der Waals surface area contributed by atoms with Crippen molar-refractivity contribution in [2.75, 3.05) is 5.32 Å². The molecule has 2 aromatic heterocycles. The zero-order valence-corrected chi connectivity index (χ0v) is 11.6. The number of benzene rings is 1. The van der Waals surface area contributed by atoms with Gasteiger partial charge >= 0.3 is 0 Å². The Morgan fingerprint density at radius 3 is 2.75 bits per heavy atom. The van der Waals surface area contributed by atoms with E-state index in [1.807, 2.05) is 37.4 Å². The molecule has 20 heavy (non-hydrogen) atoms. The van der Waals surface area contributed by atoms with Crippen LogP contribution in [0.25, 0.3) is 5.69 Å². The number of thiazole rings is 1. The summed E-state index contributed by atoms with van der Waals surface area (Å²) in [6, 6.07) is 9.77. The first-order chi connectivity index (χ1) is 9.72. The van der Waals surface area contributed by atoms with E-state index in [0.717, 1.165) is 5.69 Å². The van der Waals surface area contributed by atoms with Crippen molar-refractivity contribution in [3.8, 4) is 5.69 Å². The van der Waals surface area contributed by atoms with Crippen molar-refractivity contribution in [1.82, 2.24) is 14.8 Å². The normalized spacial score (nSPS) is 10.4. The molecule has 0 radical (unpaired) electrons. The lowest BCUT2D eigenvalue weighted by atomic mass is 10.2. The summed E-state index contributed by atoms with van der Waals surface area (Å²) in [5, 5.41) is 7.07. The largest absolute Gasteiger partial charge is 0.304 e. The third-order valence-electron chi connectivity index (χ3n) is 2.79. The molecule has 2 heterocycles. The SMILES string of the molecule is Cc1ccc(-n2ccc(NC(=O)c3cncs3)n2)cc1. The van der Waals surface area contributed by atoms with Crippen molar-refractivity contribution in [2.24, 2.45) is 0 Å². The Bertz CT molecular complexity index is 716. The molecule has 0 saturated heterocycles. The van der Waals surface area contributed by atoms with E-state index in [4.69, 9.17) is 0 Å². The van der Waals surface area contributed by atoms with Crippen LogP contribution in [0.3, 0.4) is 0 Å². The molecule has 0 bridgehead atoms. The maximum absolute atomic E-state index is 11.9. The fourth-order valence-corrected chi connectivity index (χ4v) is 2.25. The lowest BCUT2D eigenvalue weighted by Gasteiger charge is -2.02. The molecule has 0 aliphatic carbocycles. The molecule has 0 aliphatic rings. The molecule has 1 aromatic carbocycles. The van der Waals surface area contributed by atoms with Crippen LogP contribution in [-0.4, -0.2) is 20.7 Å². The predicted octanol–water partition coefficient (Wildman–Crippen LogP) is 2.89. The van der Waals surface area contributed by atoms with Gasteiger partial charge in [0.15, 0.2) is 5.82 Å². The standard InChI is InChI=1S/C14H12N4OS/c1-10-2-4-11(5-3-10)18-7-6-13(17-18)16-14(19)12-8-15-9-20-12/h2-9H,1H3,(H,16,17,19). The Labute approximate surface area is 119 Å². The molecule has 5 nitrogen and oxygen atoms in total. The van der Waals surface area contributed by atoms with E-state index >= 15 is 0 Å². The molecule has 0 unspecified atom stereocenters. The van der Waals surface area contributed by atoms with Crippen molar-refractivity contribution >= 4 is 23.1 Å². The van der Waals surface area contributed by atoms with E-state index in [-0.39, 0.29) is 5.91 Å². The van der Waals surface area contributed by atoms with Gasteiger partial charge in [-0.15, -0.1) is 11.3 Å². The van der Waals surface area contributed by atoms with Crippen molar-refractivity contribution in [2.45, 2.75) is 6.92 Å². The third-order valence-corrected chi connectivity index (χ3v) is 3.56. The highest BCUT2D eigenvalue weighted by Crippen LogP contribution is 2.13. The maximum Gasteiger partial charge on any atom is 0.268 e. The van der Waals surface area contributed by atoms with Crippen LogP contribution in [0.1, 0.15) is 15.2 Å². The Kier molecular flexibility index (Phi) is 3.30. The molecule has 1 amide bonds. The highest BCUT2D eigenvalue weighted by atomic mass is 32.1. The third kappa shape index (κ3) is 2.60. The van der Waals surface area contributed by atoms with Crippen molar-refractivity contribution < 1.29 is 4.79 Å². The fourth-order valence-electron chi connectivity index (χ4n) is 1.74. The van der Waals surface area contributed by atoms with Crippen LogP contribution in [0.2, 0.25) is 0 Å². The zero-order chi connectivity index (χ0) is 13.9. The molecule has 6 heteroatoms. The van der Waals surface area contributed by atoms with Crippen molar-refractivity contribution in [3.63, 3.8) is 0 Å². The van der Waals surface area contributed by atoms with Gasteiger partial charge in [0.25, 0.3) is 5.91 Å². The maximum atomic E-state index is 11.9. The van der Waals surface area contributed by atoms with Gasteiger partial charge in [0.2, 0.25) is 0 Å². The van der Waals surface area contributed by atoms with Crippen LogP contribution in [0.4, 0.5) is 5.82 Å². The molecule has 0 aliphatic heterocycles. The van der Waals surface area contributed by atoms with E-state index in [9.17, 15) is 4.79 Å². The first-order valence-electron chi connectivity index (χ1n) is 6.05. The summed E-state index contributed by atoms with van der Waals surface area (Å²) in [5.74, 6) is 0.325. The molecule has 1 N–H and O–H groups in total. The number of amides is 1. The van der Waals surface area contributed by atoms with Crippen LogP contribution in [-0.2, 0) is 0 Å². The van der Waals surface area contributed by atoms with Crippen LogP contribution in [0.15, 0.2) is 48.2 Å². The zero-order valence-electron chi connectivity index (χ0n) is 10.8.